The van der Waals surface area contributed by atoms with Crippen LogP contribution in [0, 0.1) is 0 Å². The average molecular weight is 360 g/mol. The van der Waals surface area contributed by atoms with Crippen molar-refractivity contribution in [3.05, 3.63) is 53.6 Å². The third-order valence-corrected chi connectivity index (χ3v) is 5.69. The Morgan fingerprint density at radius 2 is 1.96 bits per heavy atom. The van der Waals surface area contributed by atoms with Gasteiger partial charge in [0.05, 0.1) is 17.7 Å². The lowest BCUT2D eigenvalue weighted by atomic mass is 10.1. The molecule has 0 radical (unpaired) electrons. The molecule has 0 saturated heterocycles. The van der Waals surface area contributed by atoms with E-state index in [0.717, 1.165) is 18.4 Å². The van der Waals surface area contributed by atoms with Gasteiger partial charge in [0.15, 0.2) is 0 Å². The molecule has 1 aliphatic rings. The summed E-state index contributed by atoms with van der Waals surface area (Å²) < 4.78 is 33.5. The minimum Gasteiger partial charge on any atom is -0.495 e. The van der Waals surface area contributed by atoms with Crippen LogP contribution < -0.4 is 14.8 Å². The Bertz CT molecular complexity index is 909. The van der Waals surface area contributed by atoms with E-state index in [4.69, 9.17) is 4.74 Å². The topological polar surface area (TPSA) is 84.5 Å². The van der Waals surface area contributed by atoms with Crippen LogP contribution in [0.1, 0.15) is 30.5 Å². The monoisotopic (exact) mass is 360 g/mol. The predicted octanol–water partition coefficient (Wildman–Crippen LogP) is 2.62. The number of fused-ring (bicyclic) bond motifs is 1. The van der Waals surface area contributed by atoms with Gasteiger partial charge in [0.25, 0.3) is 0 Å². The van der Waals surface area contributed by atoms with Crippen LogP contribution >= 0.6 is 0 Å². The summed E-state index contributed by atoms with van der Waals surface area (Å²) in [4.78, 5) is 11.4. The van der Waals surface area contributed by atoms with E-state index in [-0.39, 0.29) is 16.8 Å². The summed E-state index contributed by atoms with van der Waals surface area (Å²) in [6, 6.07) is 12.0. The second kappa shape index (κ2) is 6.85. The van der Waals surface area contributed by atoms with Crippen molar-refractivity contribution in [3.8, 4) is 5.75 Å². The SMILES string of the molecule is COc1ccc(S(=O)(=O)N[C@H]2CCc3ccccc32)cc1NC(C)=O. The van der Waals surface area contributed by atoms with Gasteiger partial charge >= 0.3 is 0 Å². The van der Waals surface area contributed by atoms with Crippen molar-refractivity contribution in [2.24, 2.45) is 0 Å². The number of carbonyl (C=O) groups is 1. The first-order valence-electron chi connectivity index (χ1n) is 7.96. The van der Waals surface area contributed by atoms with Gasteiger partial charge in [-0.3, -0.25) is 4.79 Å². The van der Waals surface area contributed by atoms with E-state index in [1.807, 2.05) is 24.3 Å². The van der Waals surface area contributed by atoms with Gasteiger partial charge in [0.2, 0.25) is 15.9 Å². The summed E-state index contributed by atoms with van der Waals surface area (Å²) in [5, 5.41) is 2.59. The van der Waals surface area contributed by atoms with Crippen molar-refractivity contribution < 1.29 is 17.9 Å². The zero-order chi connectivity index (χ0) is 18.0. The standard InChI is InChI=1S/C18H20N2O4S/c1-12(21)19-17-11-14(8-10-18(17)24-2)25(22,23)20-16-9-7-13-5-3-4-6-15(13)16/h3-6,8,10-11,16,20H,7,9H2,1-2H3,(H,19,21)/t16-/m0/s1. The maximum atomic E-state index is 12.8. The van der Waals surface area contributed by atoms with Crippen molar-refractivity contribution in [2.45, 2.75) is 30.7 Å². The molecule has 0 spiro atoms. The predicted molar refractivity (Wildman–Crippen MR) is 95.1 cm³/mol. The fourth-order valence-corrected chi connectivity index (χ4v) is 4.35. The zero-order valence-corrected chi connectivity index (χ0v) is 14.9. The number of benzene rings is 2. The molecule has 0 heterocycles. The molecule has 1 atom stereocenters. The largest absolute Gasteiger partial charge is 0.495 e. The minimum absolute atomic E-state index is 0.0847. The minimum atomic E-state index is -3.73. The first kappa shape index (κ1) is 17.4. The third kappa shape index (κ3) is 3.67. The lowest BCUT2D eigenvalue weighted by Crippen LogP contribution is -2.27. The second-order valence-electron chi connectivity index (χ2n) is 5.95. The Hall–Kier alpha value is -2.38. The summed E-state index contributed by atoms with van der Waals surface area (Å²) in [5.74, 6) is 0.103. The van der Waals surface area contributed by atoms with E-state index in [2.05, 4.69) is 10.0 Å². The van der Waals surface area contributed by atoms with E-state index in [1.165, 1.54) is 37.8 Å². The molecule has 25 heavy (non-hydrogen) atoms. The molecule has 0 fully saturated rings. The number of methoxy groups -OCH3 is 1. The average Bonchev–Trinajstić information content (AvgIpc) is 2.97. The maximum absolute atomic E-state index is 12.8. The highest BCUT2D eigenvalue weighted by molar-refractivity contribution is 7.89. The van der Waals surface area contributed by atoms with E-state index in [1.54, 1.807) is 0 Å². The molecule has 3 rings (SSSR count). The maximum Gasteiger partial charge on any atom is 0.241 e. The van der Waals surface area contributed by atoms with Crippen molar-refractivity contribution in [1.82, 2.24) is 4.72 Å². The highest BCUT2D eigenvalue weighted by atomic mass is 32.2. The van der Waals surface area contributed by atoms with Crippen molar-refractivity contribution in [2.75, 3.05) is 12.4 Å². The number of rotatable bonds is 5. The van der Waals surface area contributed by atoms with Gasteiger partial charge < -0.3 is 10.1 Å². The van der Waals surface area contributed by atoms with Crippen LogP contribution in [0.25, 0.3) is 0 Å². The summed E-state index contributed by atoms with van der Waals surface area (Å²) in [5.41, 5.74) is 2.51. The number of amides is 1. The number of carbonyl (C=O) groups excluding carboxylic acids is 1. The molecule has 6 nitrogen and oxygen atoms in total. The summed E-state index contributed by atoms with van der Waals surface area (Å²) in [6.45, 7) is 1.36. The van der Waals surface area contributed by atoms with Crippen LogP contribution in [0.5, 0.6) is 5.75 Å². The number of aryl methyl sites for hydroxylation is 1. The fourth-order valence-electron chi connectivity index (χ4n) is 3.08. The number of nitrogens with one attached hydrogen (secondary N) is 2. The highest BCUT2D eigenvalue weighted by Crippen LogP contribution is 2.33. The van der Waals surface area contributed by atoms with E-state index >= 15 is 0 Å². The zero-order valence-electron chi connectivity index (χ0n) is 14.1. The molecule has 2 aromatic carbocycles. The van der Waals surface area contributed by atoms with E-state index in [9.17, 15) is 13.2 Å². The van der Waals surface area contributed by atoms with Gasteiger partial charge in [-0.05, 0) is 42.2 Å². The van der Waals surface area contributed by atoms with Gasteiger partial charge in [-0.1, -0.05) is 24.3 Å². The molecule has 0 saturated carbocycles. The molecule has 2 aromatic rings. The summed E-state index contributed by atoms with van der Waals surface area (Å²) in [7, 11) is -2.27. The van der Waals surface area contributed by atoms with E-state index in [0.29, 0.717) is 11.4 Å². The normalized spacial score (nSPS) is 16.3. The van der Waals surface area contributed by atoms with Gasteiger partial charge in [-0.25, -0.2) is 13.1 Å². The molecule has 0 aromatic heterocycles. The highest BCUT2D eigenvalue weighted by Gasteiger charge is 2.27. The molecule has 2 N–H and O–H groups in total. The van der Waals surface area contributed by atoms with Crippen LogP contribution in [-0.2, 0) is 21.2 Å². The number of ether oxygens (including phenoxy) is 1. The molecule has 1 amide bonds. The van der Waals surface area contributed by atoms with Gasteiger partial charge in [-0.2, -0.15) is 0 Å². The Morgan fingerprint density at radius 3 is 2.68 bits per heavy atom. The molecule has 132 valence electrons. The summed E-state index contributed by atoms with van der Waals surface area (Å²) in [6.07, 6.45) is 1.58. The number of anilines is 1. The van der Waals surface area contributed by atoms with Crippen LogP contribution in [0.4, 0.5) is 5.69 Å². The third-order valence-electron chi connectivity index (χ3n) is 4.22. The molecule has 7 heteroatoms. The Labute approximate surface area is 147 Å². The van der Waals surface area contributed by atoms with E-state index < -0.39 is 10.0 Å². The first-order valence-corrected chi connectivity index (χ1v) is 9.45. The van der Waals surface area contributed by atoms with Crippen LogP contribution in [-0.4, -0.2) is 21.4 Å². The smallest absolute Gasteiger partial charge is 0.241 e. The van der Waals surface area contributed by atoms with Crippen molar-refractivity contribution in [1.29, 1.82) is 0 Å². The Kier molecular flexibility index (Phi) is 4.78. The fraction of sp³-hybridized carbons (Fsp3) is 0.278. The quantitative estimate of drug-likeness (QED) is 0.858. The molecular weight excluding hydrogens is 340 g/mol. The number of hydrogen-bond acceptors (Lipinski definition) is 4. The molecule has 1 aliphatic carbocycles. The molecular formula is C18H20N2O4S. The molecule has 0 aliphatic heterocycles. The lowest BCUT2D eigenvalue weighted by Gasteiger charge is -2.16. The van der Waals surface area contributed by atoms with Gasteiger partial charge in [0.1, 0.15) is 5.75 Å². The summed E-state index contributed by atoms with van der Waals surface area (Å²) >= 11 is 0. The second-order valence-corrected chi connectivity index (χ2v) is 7.67. The Balaban J connectivity index is 1.89. The van der Waals surface area contributed by atoms with Crippen LogP contribution in [0.3, 0.4) is 0 Å². The van der Waals surface area contributed by atoms with Crippen molar-refractivity contribution >= 4 is 21.6 Å². The Morgan fingerprint density at radius 1 is 1.20 bits per heavy atom. The number of sulfonamides is 1. The molecule has 0 bridgehead atoms. The van der Waals surface area contributed by atoms with Gasteiger partial charge in [-0.15, -0.1) is 0 Å². The number of hydrogen-bond donors (Lipinski definition) is 2. The van der Waals surface area contributed by atoms with Crippen LogP contribution in [0.15, 0.2) is 47.4 Å². The van der Waals surface area contributed by atoms with Gasteiger partial charge in [0, 0.05) is 13.0 Å². The van der Waals surface area contributed by atoms with Crippen LogP contribution in [0.2, 0.25) is 0 Å². The lowest BCUT2D eigenvalue weighted by molar-refractivity contribution is -0.114. The molecule has 0 unspecified atom stereocenters. The van der Waals surface area contributed by atoms with Crippen molar-refractivity contribution in [3.63, 3.8) is 0 Å². The first-order chi connectivity index (χ1) is 11.9.